The molecule has 1 atom stereocenters. The largest absolute Gasteiger partial charge is 0.381 e. The van der Waals surface area contributed by atoms with E-state index in [0.717, 1.165) is 12.8 Å². The lowest BCUT2D eigenvalue weighted by atomic mass is 9.75. The maximum atomic E-state index is 14.9. The van der Waals surface area contributed by atoms with Crippen molar-refractivity contribution in [2.45, 2.75) is 37.6 Å². The minimum atomic E-state index is -2.73. The maximum Gasteiger partial charge on any atom is 0.257 e. The number of ether oxygens (including phenoxy) is 1. The monoisotopic (exact) mass is 355 g/mol. The van der Waals surface area contributed by atoms with Crippen LogP contribution in [0.25, 0.3) is 0 Å². The number of hydrogen-bond donors (Lipinski definition) is 0. The Morgan fingerprint density at radius 2 is 1.92 bits per heavy atom. The van der Waals surface area contributed by atoms with E-state index < -0.39 is 17.2 Å². The standard InChI is InChI=1S/C18H24F3N3O/c19-15-2-1-7-22-16(15)24-8-5-17(13-24)12-23(9-6-18(17,20)21)14-3-10-25-11-4-14/h1-2,7,14H,3-6,8-13H2/t17-/m1/s1. The van der Waals surface area contributed by atoms with Gasteiger partial charge in [-0.15, -0.1) is 0 Å². The topological polar surface area (TPSA) is 28.6 Å². The van der Waals surface area contributed by atoms with E-state index in [2.05, 4.69) is 9.88 Å². The summed E-state index contributed by atoms with van der Waals surface area (Å²) in [5.74, 6) is -2.98. The number of hydrogen-bond acceptors (Lipinski definition) is 4. The number of likely N-dealkylation sites (tertiary alicyclic amines) is 1. The fraction of sp³-hybridized carbons (Fsp3) is 0.722. The van der Waals surface area contributed by atoms with E-state index in [4.69, 9.17) is 4.74 Å². The number of piperidine rings is 1. The molecule has 1 aromatic rings. The first-order valence-corrected chi connectivity index (χ1v) is 9.06. The summed E-state index contributed by atoms with van der Waals surface area (Å²) in [6, 6.07) is 3.18. The van der Waals surface area contributed by atoms with Crippen LogP contribution in [-0.2, 0) is 4.74 Å². The van der Waals surface area contributed by atoms with Gasteiger partial charge in [0, 0.05) is 58.1 Å². The zero-order valence-electron chi connectivity index (χ0n) is 14.3. The lowest BCUT2D eigenvalue weighted by Crippen LogP contribution is -2.59. The zero-order valence-corrected chi connectivity index (χ0v) is 14.3. The molecule has 138 valence electrons. The van der Waals surface area contributed by atoms with Crippen molar-refractivity contribution in [3.05, 3.63) is 24.1 Å². The lowest BCUT2D eigenvalue weighted by Gasteiger charge is -2.49. The van der Waals surface area contributed by atoms with Crippen LogP contribution >= 0.6 is 0 Å². The molecule has 0 bridgehead atoms. The molecule has 4 nitrogen and oxygen atoms in total. The molecule has 0 amide bonds. The Morgan fingerprint density at radius 1 is 1.12 bits per heavy atom. The van der Waals surface area contributed by atoms with E-state index >= 15 is 0 Å². The van der Waals surface area contributed by atoms with Crippen LogP contribution in [0.4, 0.5) is 19.0 Å². The normalized spacial score (nSPS) is 30.9. The first-order chi connectivity index (χ1) is 12.0. The van der Waals surface area contributed by atoms with Crippen LogP contribution < -0.4 is 4.90 Å². The van der Waals surface area contributed by atoms with Gasteiger partial charge in [0.1, 0.15) is 0 Å². The highest BCUT2D eigenvalue weighted by Gasteiger charge is 2.60. The predicted molar refractivity (Wildman–Crippen MR) is 88.4 cm³/mol. The molecule has 4 heterocycles. The van der Waals surface area contributed by atoms with Gasteiger partial charge in [-0.1, -0.05) is 0 Å². The van der Waals surface area contributed by atoms with Gasteiger partial charge in [0.25, 0.3) is 5.92 Å². The first kappa shape index (κ1) is 17.1. The molecule has 0 aromatic carbocycles. The van der Waals surface area contributed by atoms with Crippen molar-refractivity contribution in [3.63, 3.8) is 0 Å². The summed E-state index contributed by atoms with van der Waals surface area (Å²) in [4.78, 5) is 7.98. The second-order valence-electron chi connectivity index (χ2n) is 7.53. The van der Waals surface area contributed by atoms with Gasteiger partial charge in [-0.2, -0.15) is 0 Å². The van der Waals surface area contributed by atoms with Crippen LogP contribution in [0.5, 0.6) is 0 Å². The summed E-state index contributed by atoms with van der Waals surface area (Å²) >= 11 is 0. The molecule has 1 spiro atoms. The molecule has 25 heavy (non-hydrogen) atoms. The van der Waals surface area contributed by atoms with E-state index in [1.807, 2.05) is 0 Å². The highest BCUT2D eigenvalue weighted by molar-refractivity contribution is 5.42. The van der Waals surface area contributed by atoms with Crippen molar-refractivity contribution >= 4 is 5.82 Å². The molecule has 3 fully saturated rings. The highest BCUT2D eigenvalue weighted by atomic mass is 19.3. The fourth-order valence-corrected chi connectivity index (χ4v) is 4.59. The van der Waals surface area contributed by atoms with Crippen LogP contribution in [0.15, 0.2) is 18.3 Å². The molecule has 0 aliphatic carbocycles. The smallest absolute Gasteiger partial charge is 0.257 e. The maximum absolute atomic E-state index is 14.9. The first-order valence-electron chi connectivity index (χ1n) is 9.06. The van der Waals surface area contributed by atoms with Crippen LogP contribution in [0.1, 0.15) is 25.7 Å². The third-order valence-electron chi connectivity index (χ3n) is 6.09. The molecule has 3 aliphatic heterocycles. The van der Waals surface area contributed by atoms with Crippen molar-refractivity contribution in [3.8, 4) is 0 Å². The van der Waals surface area contributed by atoms with E-state index in [-0.39, 0.29) is 18.8 Å². The van der Waals surface area contributed by atoms with Gasteiger partial charge in [-0.25, -0.2) is 18.2 Å². The summed E-state index contributed by atoms with van der Waals surface area (Å²) < 4.78 is 49.3. The average Bonchev–Trinajstić information content (AvgIpc) is 3.04. The van der Waals surface area contributed by atoms with Crippen molar-refractivity contribution < 1.29 is 17.9 Å². The Bertz CT molecular complexity index is 623. The van der Waals surface area contributed by atoms with E-state index in [0.29, 0.717) is 45.3 Å². The fourth-order valence-electron chi connectivity index (χ4n) is 4.59. The second kappa shape index (κ2) is 6.43. The molecular formula is C18H24F3N3O. The second-order valence-corrected chi connectivity index (χ2v) is 7.53. The number of halogens is 3. The Hall–Kier alpha value is -1.34. The summed E-state index contributed by atoms with van der Waals surface area (Å²) in [7, 11) is 0. The summed E-state index contributed by atoms with van der Waals surface area (Å²) in [5.41, 5.74) is -1.12. The van der Waals surface area contributed by atoms with Crippen molar-refractivity contribution in [2.24, 2.45) is 5.41 Å². The molecular weight excluding hydrogens is 331 g/mol. The zero-order chi connectivity index (χ0) is 17.5. The molecule has 1 aromatic heterocycles. The van der Waals surface area contributed by atoms with E-state index in [1.165, 1.54) is 18.3 Å². The van der Waals surface area contributed by atoms with Crippen LogP contribution in [0, 0.1) is 11.2 Å². The number of nitrogens with zero attached hydrogens (tertiary/aromatic N) is 3. The van der Waals surface area contributed by atoms with Crippen molar-refractivity contribution in [2.75, 3.05) is 44.3 Å². The molecule has 7 heteroatoms. The van der Waals surface area contributed by atoms with E-state index in [9.17, 15) is 13.2 Å². The van der Waals surface area contributed by atoms with Crippen LogP contribution in [0.3, 0.4) is 0 Å². The number of rotatable bonds is 2. The van der Waals surface area contributed by atoms with Gasteiger partial charge in [0.2, 0.25) is 0 Å². The molecule has 0 radical (unpaired) electrons. The lowest BCUT2D eigenvalue weighted by molar-refractivity contribution is -0.167. The number of anilines is 1. The van der Waals surface area contributed by atoms with Gasteiger partial charge < -0.3 is 9.64 Å². The van der Waals surface area contributed by atoms with Crippen LogP contribution in [-0.4, -0.2) is 61.2 Å². The van der Waals surface area contributed by atoms with Gasteiger partial charge in [-0.05, 0) is 31.4 Å². The van der Waals surface area contributed by atoms with Gasteiger partial charge in [-0.3, -0.25) is 4.90 Å². The minimum Gasteiger partial charge on any atom is -0.381 e. The Labute approximate surface area is 146 Å². The summed E-state index contributed by atoms with van der Waals surface area (Å²) in [6.45, 7) is 2.79. The van der Waals surface area contributed by atoms with Gasteiger partial charge in [0.15, 0.2) is 11.6 Å². The summed E-state index contributed by atoms with van der Waals surface area (Å²) in [6.07, 6.45) is 3.57. The minimum absolute atomic E-state index is 0.122. The van der Waals surface area contributed by atoms with E-state index in [1.54, 1.807) is 4.90 Å². The summed E-state index contributed by atoms with van der Waals surface area (Å²) in [5, 5.41) is 0. The molecule has 4 rings (SSSR count). The molecule has 0 N–H and O–H groups in total. The Morgan fingerprint density at radius 3 is 2.68 bits per heavy atom. The quantitative estimate of drug-likeness (QED) is 0.816. The third kappa shape index (κ3) is 3.01. The van der Waals surface area contributed by atoms with Crippen molar-refractivity contribution in [1.29, 1.82) is 0 Å². The number of aromatic nitrogens is 1. The van der Waals surface area contributed by atoms with Gasteiger partial charge >= 0.3 is 0 Å². The van der Waals surface area contributed by atoms with Crippen molar-refractivity contribution in [1.82, 2.24) is 9.88 Å². The number of pyridine rings is 1. The molecule has 0 saturated carbocycles. The average molecular weight is 355 g/mol. The third-order valence-corrected chi connectivity index (χ3v) is 6.09. The molecule has 0 unspecified atom stereocenters. The predicted octanol–water partition coefficient (Wildman–Crippen LogP) is 2.94. The number of alkyl halides is 2. The highest BCUT2D eigenvalue weighted by Crippen LogP contribution is 2.50. The molecule has 3 saturated heterocycles. The SMILES string of the molecule is Fc1cccnc1N1CC[C@]2(C1)CN(C1CCOCC1)CCC2(F)F. The molecule has 3 aliphatic rings. The Balaban J connectivity index is 1.55. The Kier molecular flexibility index (Phi) is 4.40. The van der Waals surface area contributed by atoms with Gasteiger partial charge in [0.05, 0.1) is 5.41 Å². The van der Waals surface area contributed by atoms with Crippen LogP contribution in [0.2, 0.25) is 0 Å².